The molecule has 1 aromatic heterocycles. The van der Waals surface area contributed by atoms with E-state index in [1.165, 1.54) is 0 Å². The summed E-state index contributed by atoms with van der Waals surface area (Å²) in [5.74, 6) is 0. The van der Waals surface area contributed by atoms with Gasteiger partial charge in [0.25, 0.3) is 0 Å². The van der Waals surface area contributed by atoms with E-state index in [1.807, 2.05) is 38.1 Å². The molecular formula is C14H15ClN2. The van der Waals surface area contributed by atoms with Crippen molar-refractivity contribution in [2.75, 3.05) is 0 Å². The van der Waals surface area contributed by atoms with Crippen LogP contribution in [-0.2, 0) is 6.42 Å². The number of aryl methyl sites for hydroxylation is 3. The number of rotatable bonds is 2. The van der Waals surface area contributed by atoms with Gasteiger partial charge in [-0.1, -0.05) is 18.5 Å². The molecule has 1 aromatic carbocycles. The van der Waals surface area contributed by atoms with E-state index in [4.69, 9.17) is 11.6 Å². The van der Waals surface area contributed by atoms with Gasteiger partial charge in [0.2, 0.25) is 0 Å². The monoisotopic (exact) mass is 246 g/mol. The third-order valence-electron chi connectivity index (χ3n) is 2.81. The molecule has 0 N–H and O–H groups in total. The third-order valence-corrected chi connectivity index (χ3v) is 3.41. The van der Waals surface area contributed by atoms with Crippen LogP contribution in [0.4, 0.5) is 0 Å². The second-order valence-corrected chi connectivity index (χ2v) is 4.57. The number of hydrogen-bond donors (Lipinski definition) is 0. The van der Waals surface area contributed by atoms with Crippen molar-refractivity contribution in [1.29, 1.82) is 0 Å². The van der Waals surface area contributed by atoms with Gasteiger partial charge in [0.1, 0.15) is 0 Å². The molecule has 1 heterocycles. The topological polar surface area (TPSA) is 25.8 Å². The van der Waals surface area contributed by atoms with E-state index in [-0.39, 0.29) is 0 Å². The van der Waals surface area contributed by atoms with E-state index in [9.17, 15) is 0 Å². The standard InChI is InChI=1S/C14H15ClN2/c1-4-12-5-6-13(17-16-12)11-7-9(2)14(15)10(3)8-11/h5-8H,4H2,1-3H3. The summed E-state index contributed by atoms with van der Waals surface area (Å²) in [6.45, 7) is 6.08. The molecule has 17 heavy (non-hydrogen) atoms. The Morgan fingerprint density at radius 1 is 1.06 bits per heavy atom. The maximum Gasteiger partial charge on any atom is 0.0930 e. The number of hydrogen-bond acceptors (Lipinski definition) is 2. The molecule has 0 aliphatic rings. The van der Waals surface area contributed by atoms with Gasteiger partial charge < -0.3 is 0 Å². The number of nitrogens with zero attached hydrogens (tertiary/aromatic N) is 2. The van der Waals surface area contributed by atoms with Gasteiger partial charge in [-0.3, -0.25) is 0 Å². The molecular weight excluding hydrogens is 232 g/mol. The fourth-order valence-corrected chi connectivity index (χ4v) is 1.91. The van der Waals surface area contributed by atoms with Crippen molar-refractivity contribution in [1.82, 2.24) is 10.2 Å². The predicted octanol–water partition coefficient (Wildman–Crippen LogP) is 3.98. The first kappa shape index (κ1) is 12.1. The Morgan fingerprint density at radius 3 is 2.18 bits per heavy atom. The first-order chi connectivity index (χ1) is 8.11. The molecule has 0 unspecified atom stereocenters. The fraction of sp³-hybridized carbons (Fsp3) is 0.286. The van der Waals surface area contributed by atoms with Crippen LogP contribution in [0.25, 0.3) is 11.3 Å². The van der Waals surface area contributed by atoms with Crippen molar-refractivity contribution in [2.45, 2.75) is 27.2 Å². The van der Waals surface area contributed by atoms with Crippen molar-refractivity contribution in [2.24, 2.45) is 0 Å². The zero-order valence-corrected chi connectivity index (χ0v) is 11.0. The fourth-order valence-electron chi connectivity index (χ4n) is 1.80. The number of benzene rings is 1. The van der Waals surface area contributed by atoms with Gasteiger partial charge in [-0.15, -0.1) is 0 Å². The highest BCUT2D eigenvalue weighted by atomic mass is 35.5. The summed E-state index contributed by atoms with van der Waals surface area (Å²) in [4.78, 5) is 0. The van der Waals surface area contributed by atoms with E-state index < -0.39 is 0 Å². The minimum Gasteiger partial charge on any atom is -0.155 e. The van der Waals surface area contributed by atoms with Crippen LogP contribution in [0.5, 0.6) is 0 Å². The Labute approximate surface area is 107 Å². The van der Waals surface area contributed by atoms with Crippen molar-refractivity contribution >= 4 is 11.6 Å². The van der Waals surface area contributed by atoms with Gasteiger partial charge in [0.15, 0.2) is 0 Å². The molecule has 3 heteroatoms. The molecule has 88 valence electrons. The second-order valence-electron chi connectivity index (χ2n) is 4.19. The maximum absolute atomic E-state index is 6.15. The highest BCUT2D eigenvalue weighted by Gasteiger charge is 2.06. The van der Waals surface area contributed by atoms with Crippen LogP contribution in [0.1, 0.15) is 23.7 Å². The van der Waals surface area contributed by atoms with Crippen LogP contribution in [0.15, 0.2) is 24.3 Å². The van der Waals surface area contributed by atoms with Gasteiger partial charge in [-0.2, -0.15) is 10.2 Å². The summed E-state index contributed by atoms with van der Waals surface area (Å²) in [5.41, 5.74) is 5.12. The maximum atomic E-state index is 6.15. The zero-order chi connectivity index (χ0) is 12.4. The number of aromatic nitrogens is 2. The lowest BCUT2D eigenvalue weighted by Gasteiger charge is -2.07. The third kappa shape index (κ3) is 2.47. The summed E-state index contributed by atoms with van der Waals surface area (Å²) in [7, 11) is 0. The molecule has 0 fully saturated rings. The highest BCUT2D eigenvalue weighted by Crippen LogP contribution is 2.26. The molecule has 0 aliphatic carbocycles. The summed E-state index contributed by atoms with van der Waals surface area (Å²) < 4.78 is 0. The first-order valence-corrected chi connectivity index (χ1v) is 6.09. The van der Waals surface area contributed by atoms with Crippen molar-refractivity contribution < 1.29 is 0 Å². The molecule has 0 bridgehead atoms. The van der Waals surface area contributed by atoms with E-state index >= 15 is 0 Å². The lowest BCUT2D eigenvalue weighted by atomic mass is 10.0. The lowest BCUT2D eigenvalue weighted by molar-refractivity contribution is 0.923. The average molecular weight is 247 g/mol. The minimum atomic E-state index is 0.826. The molecule has 0 spiro atoms. The average Bonchev–Trinajstić information content (AvgIpc) is 2.35. The highest BCUT2D eigenvalue weighted by molar-refractivity contribution is 6.32. The normalized spacial score (nSPS) is 10.6. The second kappa shape index (κ2) is 4.84. The molecule has 2 rings (SSSR count). The van der Waals surface area contributed by atoms with Crippen LogP contribution in [0.3, 0.4) is 0 Å². The van der Waals surface area contributed by atoms with Crippen molar-refractivity contribution in [3.8, 4) is 11.3 Å². The van der Waals surface area contributed by atoms with Crippen LogP contribution in [0, 0.1) is 13.8 Å². The molecule has 2 aromatic rings. The minimum absolute atomic E-state index is 0.826. The SMILES string of the molecule is CCc1ccc(-c2cc(C)c(Cl)c(C)c2)nn1. The van der Waals surface area contributed by atoms with Crippen LogP contribution in [-0.4, -0.2) is 10.2 Å². The van der Waals surface area contributed by atoms with Crippen molar-refractivity contribution in [3.05, 3.63) is 46.1 Å². The largest absolute Gasteiger partial charge is 0.155 e. The zero-order valence-electron chi connectivity index (χ0n) is 10.3. The molecule has 0 atom stereocenters. The van der Waals surface area contributed by atoms with Gasteiger partial charge in [-0.05, 0) is 55.7 Å². The van der Waals surface area contributed by atoms with Gasteiger partial charge in [0.05, 0.1) is 11.4 Å². The Morgan fingerprint density at radius 2 is 1.71 bits per heavy atom. The number of halogens is 1. The van der Waals surface area contributed by atoms with E-state index in [2.05, 4.69) is 17.1 Å². The van der Waals surface area contributed by atoms with Crippen LogP contribution < -0.4 is 0 Å². The Kier molecular flexibility index (Phi) is 3.43. The van der Waals surface area contributed by atoms with Crippen LogP contribution >= 0.6 is 11.6 Å². The Balaban J connectivity index is 2.45. The summed E-state index contributed by atoms with van der Waals surface area (Å²) in [6, 6.07) is 8.12. The summed E-state index contributed by atoms with van der Waals surface area (Å²) in [5, 5.41) is 9.24. The lowest BCUT2D eigenvalue weighted by Crippen LogP contribution is -1.93. The molecule has 2 nitrogen and oxygen atoms in total. The summed E-state index contributed by atoms with van der Waals surface area (Å²) in [6.07, 6.45) is 0.909. The van der Waals surface area contributed by atoms with Gasteiger partial charge >= 0.3 is 0 Å². The Bertz CT molecular complexity index is 509. The molecule has 0 amide bonds. The summed E-state index contributed by atoms with van der Waals surface area (Å²) >= 11 is 6.15. The van der Waals surface area contributed by atoms with E-state index in [0.717, 1.165) is 39.5 Å². The van der Waals surface area contributed by atoms with E-state index in [0.29, 0.717) is 0 Å². The van der Waals surface area contributed by atoms with E-state index in [1.54, 1.807) is 0 Å². The molecule has 0 saturated carbocycles. The molecule has 0 aliphatic heterocycles. The first-order valence-electron chi connectivity index (χ1n) is 5.71. The molecule has 0 radical (unpaired) electrons. The van der Waals surface area contributed by atoms with Crippen molar-refractivity contribution in [3.63, 3.8) is 0 Å². The molecule has 0 saturated heterocycles. The van der Waals surface area contributed by atoms with Crippen LogP contribution in [0.2, 0.25) is 5.02 Å². The van der Waals surface area contributed by atoms with Gasteiger partial charge in [0, 0.05) is 10.6 Å². The predicted molar refractivity (Wildman–Crippen MR) is 71.3 cm³/mol. The van der Waals surface area contributed by atoms with Gasteiger partial charge in [-0.25, -0.2) is 0 Å². The Hall–Kier alpha value is -1.41. The quantitative estimate of drug-likeness (QED) is 0.801. The smallest absolute Gasteiger partial charge is 0.0930 e.